The average Bonchev–Trinajstić information content (AvgIpc) is 2.27. The zero-order valence-electron chi connectivity index (χ0n) is 9.83. The molecule has 1 atom stereocenters. The molecule has 18 heavy (non-hydrogen) atoms. The van der Waals surface area contributed by atoms with Crippen molar-refractivity contribution in [3.05, 3.63) is 47.5 Å². The van der Waals surface area contributed by atoms with E-state index in [-0.39, 0.29) is 0 Å². The number of aliphatic hydroxyl groups excluding tert-OH is 1. The second-order valence-corrected chi connectivity index (χ2v) is 4.35. The number of benzene rings is 2. The number of rotatable bonds is 2. The number of aryl methyl sites for hydroxylation is 1. The van der Waals surface area contributed by atoms with Crippen LogP contribution in [0.15, 0.2) is 36.4 Å². The highest BCUT2D eigenvalue weighted by Crippen LogP contribution is 2.33. The lowest BCUT2D eigenvalue weighted by molar-refractivity contribution is -0.154. The van der Waals surface area contributed by atoms with Crippen LogP contribution in [0.5, 0.6) is 0 Å². The third-order valence-corrected chi connectivity index (χ3v) is 2.96. The van der Waals surface area contributed by atoms with E-state index in [1.54, 1.807) is 24.3 Å². The van der Waals surface area contributed by atoms with Gasteiger partial charge in [-0.1, -0.05) is 36.4 Å². The largest absolute Gasteiger partial charge is 0.391 e. The first-order valence-corrected chi connectivity index (χ1v) is 5.61. The van der Waals surface area contributed by atoms with Crippen molar-refractivity contribution in [2.45, 2.75) is 25.6 Å². The molecule has 0 saturated heterocycles. The van der Waals surface area contributed by atoms with Gasteiger partial charge in [0, 0.05) is 0 Å². The number of hydrogen-bond acceptors (Lipinski definition) is 1. The molecule has 0 amide bonds. The maximum Gasteiger partial charge on any atom is 0.391 e. The van der Waals surface area contributed by atoms with Crippen LogP contribution in [-0.2, 0) is 0 Å². The summed E-state index contributed by atoms with van der Waals surface area (Å²) >= 11 is 0. The van der Waals surface area contributed by atoms with E-state index in [0.29, 0.717) is 10.9 Å². The van der Waals surface area contributed by atoms with E-state index in [1.807, 2.05) is 19.1 Å². The van der Waals surface area contributed by atoms with E-state index in [1.165, 1.54) is 0 Å². The van der Waals surface area contributed by atoms with E-state index in [0.717, 1.165) is 10.9 Å². The Morgan fingerprint density at radius 2 is 1.67 bits per heavy atom. The van der Waals surface area contributed by atoms with Gasteiger partial charge in [0.1, 0.15) is 0 Å². The Hall–Kier alpha value is -1.55. The first-order chi connectivity index (χ1) is 8.38. The molecule has 0 heterocycles. The van der Waals surface area contributed by atoms with Crippen LogP contribution in [0.2, 0.25) is 0 Å². The molecule has 96 valence electrons. The van der Waals surface area contributed by atoms with Gasteiger partial charge in [-0.25, -0.2) is 0 Å². The zero-order valence-corrected chi connectivity index (χ0v) is 9.83. The van der Waals surface area contributed by atoms with Crippen molar-refractivity contribution in [3.8, 4) is 0 Å². The Labute approximate surface area is 103 Å². The highest BCUT2D eigenvalue weighted by Gasteiger charge is 2.32. The standard InChI is InChI=1S/C14H13F3O/c1-9-6-7-12(13(18)8-14(15,16)17)11-5-3-2-4-10(9)11/h2-7,13,18H,8H2,1H3. The normalized spacial score (nSPS) is 13.8. The smallest absolute Gasteiger partial charge is 0.388 e. The average molecular weight is 254 g/mol. The Kier molecular flexibility index (Phi) is 3.30. The van der Waals surface area contributed by atoms with Crippen molar-refractivity contribution in [1.82, 2.24) is 0 Å². The summed E-state index contributed by atoms with van der Waals surface area (Å²) in [6.07, 6.45) is -7.11. The zero-order chi connectivity index (χ0) is 13.3. The molecule has 0 aliphatic rings. The van der Waals surface area contributed by atoms with Gasteiger partial charge in [-0.05, 0) is 28.8 Å². The summed E-state index contributed by atoms with van der Waals surface area (Å²) in [6, 6.07) is 10.5. The van der Waals surface area contributed by atoms with Crippen LogP contribution in [0.3, 0.4) is 0 Å². The first-order valence-electron chi connectivity index (χ1n) is 5.61. The van der Waals surface area contributed by atoms with Crippen LogP contribution in [-0.4, -0.2) is 11.3 Å². The molecule has 0 fully saturated rings. The van der Waals surface area contributed by atoms with Crippen LogP contribution in [0, 0.1) is 6.92 Å². The van der Waals surface area contributed by atoms with Gasteiger partial charge >= 0.3 is 6.18 Å². The summed E-state index contributed by atoms with van der Waals surface area (Å²) in [5, 5.41) is 11.3. The molecule has 2 rings (SSSR count). The molecule has 2 aromatic rings. The lowest BCUT2D eigenvalue weighted by Gasteiger charge is -2.16. The molecule has 0 bridgehead atoms. The lowest BCUT2D eigenvalue weighted by atomic mass is 9.96. The number of aliphatic hydroxyl groups is 1. The summed E-state index contributed by atoms with van der Waals surface area (Å²) in [6.45, 7) is 1.89. The van der Waals surface area contributed by atoms with Gasteiger partial charge in [0.25, 0.3) is 0 Å². The van der Waals surface area contributed by atoms with Crippen molar-refractivity contribution in [3.63, 3.8) is 0 Å². The molecule has 0 aromatic heterocycles. The molecular weight excluding hydrogens is 241 g/mol. The van der Waals surface area contributed by atoms with Crippen molar-refractivity contribution in [1.29, 1.82) is 0 Å². The summed E-state index contributed by atoms with van der Waals surface area (Å²) in [7, 11) is 0. The van der Waals surface area contributed by atoms with E-state index >= 15 is 0 Å². The highest BCUT2D eigenvalue weighted by atomic mass is 19.4. The number of halogens is 3. The van der Waals surface area contributed by atoms with Gasteiger partial charge in [-0.2, -0.15) is 13.2 Å². The fraction of sp³-hybridized carbons (Fsp3) is 0.286. The summed E-state index contributed by atoms with van der Waals surface area (Å²) in [4.78, 5) is 0. The first kappa shape index (κ1) is 12.9. The Morgan fingerprint density at radius 1 is 1.06 bits per heavy atom. The molecule has 0 saturated carbocycles. The predicted molar refractivity (Wildman–Crippen MR) is 64.3 cm³/mol. The van der Waals surface area contributed by atoms with Crippen LogP contribution >= 0.6 is 0 Å². The van der Waals surface area contributed by atoms with Gasteiger partial charge in [-0.15, -0.1) is 0 Å². The second kappa shape index (κ2) is 4.61. The Morgan fingerprint density at radius 3 is 2.28 bits per heavy atom. The molecule has 0 spiro atoms. The van der Waals surface area contributed by atoms with Crippen LogP contribution in [0.4, 0.5) is 13.2 Å². The van der Waals surface area contributed by atoms with Gasteiger partial charge < -0.3 is 5.11 Å². The predicted octanol–water partition coefficient (Wildman–Crippen LogP) is 4.13. The minimum Gasteiger partial charge on any atom is -0.388 e. The molecule has 0 aliphatic heterocycles. The maximum atomic E-state index is 12.3. The summed E-state index contributed by atoms with van der Waals surface area (Å²) in [5.41, 5.74) is 1.31. The maximum absolute atomic E-state index is 12.3. The van der Waals surface area contributed by atoms with Crippen LogP contribution in [0.1, 0.15) is 23.7 Å². The summed E-state index contributed by atoms with van der Waals surface area (Å²) < 4.78 is 36.9. The molecule has 1 unspecified atom stereocenters. The quantitative estimate of drug-likeness (QED) is 0.854. The molecule has 0 aliphatic carbocycles. The van der Waals surface area contributed by atoms with Gasteiger partial charge in [0.2, 0.25) is 0 Å². The van der Waals surface area contributed by atoms with Crippen molar-refractivity contribution < 1.29 is 18.3 Å². The highest BCUT2D eigenvalue weighted by molar-refractivity contribution is 5.88. The van der Waals surface area contributed by atoms with Gasteiger partial charge in [0.05, 0.1) is 12.5 Å². The minimum absolute atomic E-state index is 0.327. The Balaban J connectivity index is 2.49. The minimum atomic E-state index is -4.37. The molecule has 2 aromatic carbocycles. The SMILES string of the molecule is Cc1ccc(C(O)CC(F)(F)F)c2ccccc12. The topological polar surface area (TPSA) is 20.2 Å². The summed E-state index contributed by atoms with van der Waals surface area (Å²) in [5.74, 6) is 0. The van der Waals surface area contributed by atoms with Gasteiger partial charge in [0.15, 0.2) is 0 Å². The number of alkyl halides is 3. The van der Waals surface area contributed by atoms with Crippen molar-refractivity contribution >= 4 is 10.8 Å². The van der Waals surface area contributed by atoms with E-state index in [4.69, 9.17) is 0 Å². The van der Waals surface area contributed by atoms with Crippen LogP contribution < -0.4 is 0 Å². The molecule has 4 heteroatoms. The van der Waals surface area contributed by atoms with E-state index < -0.39 is 18.7 Å². The molecule has 1 nitrogen and oxygen atoms in total. The number of hydrogen-bond donors (Lipinski definition) is 1. The Bertz CT molecular complexity index is 560. The monoisotopic (exact) mass is 254 g/mol. The molecule has 1 N–H and O–H groups in total. The molecule has 0 radical (unpaired) electrons. The fourth-order valence-corrected chi connectivity index (χ4v) is 2.09. The van der Waals surface area contributed by atoms with E-state index in [9.17, 15) is 18.3 Å². The molecular formula is C14H13F3O. The third kappa shape index (κ3) is 2.64. The van der Waals surface area contributed by atoms with Crippen molar-refractivity contribution in [2.75, 3.05) is 0 Å². The second-order valence-electron chi connectivity index (χ2n) is 4.35. The van der Waals surface area contributed by atoms with E-state index in [2.05, 4.69) is 0 Å². The lowest BCUT2D eigenvalue weighted by Crippen LogP contribution is -2.13. The fourth-order valence-electron chi connectivity index (χ4n) is 2.09. The third-order valence-electron chi connectivity index (χ3n) is 2.96. The number of fused-ring (bicyclic) bond motifs is 1. The van der Waals surface area contributed by atoms with Gasteiger partial charge in [-0.3, -0.25) is 0 Å². The van der Waals surface area contributed by atoms with Crippen LogP contribution in [0.25, 0.3) is 10.8 Å². The van der Waals surface area contributed by atoms with Crippen molar-refractivity contribution in [2.24, 2.45) is 0 Å².